The van der Waals surface area contributed by atoms with Crippen molar-refractivity contribution in [3.05, 3.63) is 119 Å². The quantitative estimate of drug-likeness (QED) is 0.169. The molecule has 11 heteroatoms. The predicted octanol–water partition coefficient (Wildman–Crippen LogP) is 6.92. The number of anilines is 1. The van der Waals surface area contributed by atoms with E-state index in [2.05, 4.69) is 5.32 Å². The lowest BCUT2D eigenvalue weighted by Gasteiger charge is -2.32. The SMILES string of the molecule is CCCNC(=O)[C@@H](C)N(Cc1c(Cl)cccc1Cl)C(=O)CN(c1ccc(Oc2ccccc2)cc1)S(=O)(=O)c1ccccc1. The molecule has 1 atom stereocenters. The maximum atomic E-state index is 14.1. The Hall–Kier alpha value is -4.05. The Kier molecular flexibility index (Phi) is 11.3. The van der Waals surface area contributed by atoms with E-state index in [1.807, 2.05) is 25.1 Å². The summed E-state index contributed by atoms with van der Waals surface area (Å²) in [6.07, 6.45) is 0.704. The summed E-state index contributed by atoms with van der Waals surface area (Å²) in [5.74, 6) is 0.0976. The van der Waals surface area contributed by atoms with Gasteiger partial charge in [-0.3, -0.25) is 13.9 Å². The van der Waals surface area contributed by atoms with Crippen LogP contribution in [-0.4, -0.2) is 44.3 Å². The topological polar surface area (TPSA) is 96.0 Å². The molecule has 4 rings (SSSR count). The molecule has 0 saturated heterocycles. The lowest BCUT2D eigenvalue weighted by molar-refractivity contribution is -0.139. The Morgan fingerprint density at radius 3 is 1.98 bits per heavy atom. The summed E-state index contributed by atoms with van der Waals surface area (Å²) < 4.78 is 34.9. The highest BCUT2D eigenvalue weighted by molar-refractivity contribution is 7.92. The van der Waals surface area contributed by atoms with Gasteiger partial charge in [0.1, 0.15) is 24.1 Å². The number of nitrogens with one attached hydrogen (secondary N) is 1. The first kappa shape index (κ1) is 32.9. The fraction of sp³-hybridized carbons (Fsp3) is 0.212. The molecule has 8 nitrogen and oxygen atoms in total. The first-order valence-corrected chi connectivity index (χ1v) is 16.2. The van der Waals surface area contributed by atoms with E-state index >= 15 is 0 Å². The van der Waals surface area contributed by atoms with Crippen LogP contribution < -0.4 is 14.4 Å². The van der Waals surface area contributed by atoms with Crippen LogP contribution in [0, 0.1) is 0 Å². The second-order valence-corrected chi connectivity index (χ2v) is 12.6. The molecule has 1 N–H and O–H groups in total. The third kappa shape index (κ3) is 8.11. The summed E-state index contributed by atoms with van der Waals surface area (Å²) in [5, 5.41) is 3.44. The Bertz CT molecular complexity index is 1650. The van der Waals surface area contributed by atoms with Crippen molar-refractivity contribution in [1.29, 1.82) is 0 Å². The monoisotopic (exact) mass is 653 g/mol. The minimum atomic E-state index is -4.21. The molecule has 0 saturated carbocycles. The molecule has 230 valence electrons. The van der Waals surface area contributed by atoms with Crippen LogP contribution in [0.1, 0.15) is 25.8 Å². The Morgan fingerprint density at radius 1 is 0.818 bits per heavy atom. The molecule has 0 heterocycles. The second kappa shape index (κ2) is 15.1. The van der Waals surface area contributed by atoms with Crippen LogP contribution >= 0.6 is 23.2 Å². The van der Waals surface area contributed by atoms with Gasteiger partial charge in [0.2, 0.25) is 11.8 Å². The van der Waals surface area contributed by atoms with Crippen molar-refractivity contribution >= 4 is 50.7 Å². The van der Waals surface area contributed by atoms with Crippen molar-refractivity contribution in [2.45, 2.75) is 37.8 Å². The van der Waals surface area contributed by atoms with Crippen molar-refractivity contribution in [3.8, 4) is 11.5 Å². The van der Waals surface area contributed by atoms with Gasteiger partial charge < -0.3 is 15.0 Å². The Balaban J connectivity index is 1.71. The summed E-state index contributed by atoms with van der Waals surface area (Å²) in [6.45, 7) is 3.22. The van der Waals surface area contributed by atoms with Crippen LogP contribution in [0.25, 0.3) is 0 Å². The van der Waals surface area contributed by atoms with Crippen molar-refractivity contribution in [2.75, 3.05) is 17.4 Å². The number of rotatable bonds is 13. The van der Waals surface area contributed by atoms with Crippen LogP contribution in [0.2, 0.25) is 10.0 Å². The van der Waals surface area contributed by atoms with E-state index in [9.17, 15) is 18.0 Å². The highest BCUT2D eigenvalue weighted by Gasteiger charge is 2.33. The molecule has 2 amide bonds. The highest BCUT2D eigenvalue weighted by Crippen LogP contribution is 2.30. The minimum absolute atomic E-state index is 0.00634. The smallest absolute Gasteiger partial charge is 0.264 e. The van der Waals surface area contributed by atoms with Gasteiger partial charge >= 0.3 is 0 Å². The largest absolute Gasteiger partial charge is 0.457 e. The standard InChI is InChI=1S/C33H33Cl2N3O5S/c1-3-21-36-33(40)24(2)37(22-29-30(34)15-10-16-31(29)35)32(39)23-38(44(41,42)28-13-8-5-9-14-28)25-17-19-27(20-18-25)43-26-11-6-4-7-12-26/h4-20,24H,3,21-23H2,1-2H3,(H,36,40)/t24-/m1/s1. The molecule has 4 aromatic rings. The van der Waals surface area contributed by atoms with Crippen molar-refractivity contribution in [3.63, 3.8) is 0 Å². The molecule has 0 fully saturated rings. The molecular formula is C33H33Cl2N3O5S. The van der Waals surface area contributed by atoms with Gasteiger partial charge in [-0.25, -0.2) is 8.42 Å². The third-order valence-electron chi connectivity index (χ3n) is 6.82. The molecule has 0 aromatic heterocycles. The molecule has 44 heavy (non-hydrogen) atoms. The average Bonchev–Trinajstić information content (AvgIpc) is 3.03. The number of carbonyl (C=O) groups excluding carboxylic acids is 2. The second-order valence-electron chi connectivity index (χ2n) is 9.92. The maximum absolute atomic E-state index is 14.1. The van der Waals surface area contributed by atoms with E-state index in [0.29, 0.717) is 40.1 Å². The third-order valence-corrected chi connectivity index (χ3v) is 9.32. The van der Waals surface area contributed by atoms with Gasteiger partial charge in [-0.2, -0.15) is 0 Å². The fourth-order valence-corrected chi connectivity index (χ4v) is 6.34. The molecule has 4 aromatic carbocycles. The Morgan fingerprint density at radius 2 is 1.39 bits per heavy atom. The van der Waals surface area contributed by atoms with Crippen LogP contribution in [-0.2, 0) is 26.2 Å². The Labute approximate surface area is 268 Å². The first-order chi connectivity index (χ1) is 21.1. The van der Waals surface area contributed by atoms with Gasteiger partial charge in [0.05, 0.1) is 10.6 Å². The van der Waals surface area contributed by atoms with Crippen LogP contribution in [0.15, 0.2) is 108 Å². The van der Waals surface area contributed by atoms with E-state index < -0.39 is 28.5 Å². The van der Waals surface area contributed by atoms with E-state index in [0.717, 1.165) is 4.31 Å². The molecule has 0 aliphatic carbocycles. The summed E-state index contributed by atoms with van der Waals surface area (Å²) in [4.78, 5) is 28.4. The molecule has 0 radical (unpaired) electrons. The molecule has 0 spiro atoms. The zero-order chi connectivity index (χ0) is 31.7. The van der Waals surface area contributed by atoms with Crippen LogP contribution in [0.3, 0.4) is 0 Å². The number of amides is 2. The number of sulfonamides is 1. The van der Waals surface area contributed by atoms with Gasteiger partial charge in [0.15, 0.2) is 0 Å². The van der Waals surface area contributed by atoms with E-state index in [-0.39, 0.29) is 23.0 Å². The normalized spacial score (nSPS) is 11.8. The summed E-state index contributed by atoms with van der Waals surface area (Å²) >= 11 is 12.9. The number of nitrogens with zero attached hydrogens (tertiary/aromatic N) is 2. The summed E-state index contributed by atoms with van der Waals surface area (Å²) in [5.41, 5.74) is 0.681. The summed E-state index contributed by atoms with van der Waals surface area (Å²) in [6, 6.07) is 27.4. The van der Waals surface area contributed by atoms with Crippen molar-refractivity contribution in [2.24, 2.45) is 0 Å². The van der Waals surface area contributed by atoms with E-state index in [4.69, 9.17) is 27.9 Å². The minimum Gasteiger partial charge on any atom is -0.457 e. The lowest BCUT2D eigenvalue weighted by atomic mass is 10.1. The van der Waals surface area contributed by atoms with Crippen LogP contribution in [0.4, 0.5) is 5.69 Å². The fourth-order valence-electron chi connectivity index (χ4n) is 4.39. The number of hydrogen-bond acceptors (Lipinski definition) is 5. The molecule has 0 bridgehead atoms. The highest BCUT2D eigenvalue weighted by atomic mass is 35.5. The van der Waals surface area contributed by atoms with Gasteiger partial charge in [0, 0.05) is 28.7 Å². The van der Waals surface area contributed by atoms with Gasteiger partial charge in [-0.1, -0.05) is 72.6 Å². The summed E-state index contributed by atoms with van der Waals surface area (Å²) in [7, 11) is -4.21. The number of benzene rings is 4. The van der Waals surface area contributed by atoms with Crippen molar-refractivity contribution < 1.29 is 22.7 Å². The predicted molar refractivity (Wildman–Crippen MR) is 174 cm³/mol. The van der Waals surface area contributed by atoms with Crippen LogP contribution in [0.5, 0.6) is 11.5 Å². The van der Waals surface area contributed by atoms with Crippen molar-refractivity contribution in [1.82, 2.24) is 10.2 Å². The number of ether oxygens (including phenoxy) is 1. The maximum Gasteiger partial charge on any atom is 0.264 e. The first-order valence-electron chi connectivity index (χ1n) is 14.0. The molecule has 0 aliphatic rings. The van der Waals surface area contributed by atoms with Gasteiger partial charge in [-0.05, 0) is 74.0 Å². The molecule has 0 unspecified atom stereocenters. The lowest BCUT2D eigenvalue weighted by Crippen LogP contribution is -2.51. The number of carbonyl (C=O) groups is 2. The number of para-hydroxylation sites is 1. The zero-order valence-corrected chi connectivity index (χ0v) is 26.6. The zero-order valence-electron chi connectivity index (χ0n) is 24.3. The van der Waals surface area contributed by atoms with E-state index in [1.54, 1.807) is 79.7 Å². The average molecular weight is 655 g/mol. The number of halogens is 2. The molecule has 0 aliphatic heterocycles. The van der Waals surface area contributed by atoms with Gasteiger partial charge in [0.25, 0.3) is 10.0 Å². The van der Waals surface area contributed by atoms with Gasteiger partial charge in [-0.15, -0.1) is 0 Å². The van der Waals surface area contributed by atoms with E-state index in [1.165, 1.54) is 17.0 Å². The number of hydrogen-bond donors (Lipinski definition) is 1. The molecular weight excluding hydrogens is 621 g/mol.